The molecule has 0 radical (unpaired) electrons. The van der Waals surface area contributed by atoms with Crippen molar-refractivity contribution in [3.63, 3.8) is 0 Å². The van der Waals surface area contributed by atoms with E-state index in [4.69, 9.17) is 10.2 Å². The van der Waals surface area contributed by atoms with Crippen LogP contribution in [-0.4, -0.2) is 0 Å². The molecule has 1 aromatic heterocycles. The summed E-state index contributed by atoms with van der Waals surface area (Å²) in [6.45, 7) is 0. The van der Waals surface area contributed by atoms with E-state index in [1.807, 2.05) is 18.2 Å². The summed E-state index contributed by atoms with van der Waals surface area (Å²) in [4.78, 5) is 0. The molecule has 0 aliphatic rings. The molecule has 2 nitrogen and oxygen atoms in total. The maximum Gasteiger partial charge on any atom is 0.136 e. The van der Waals surface area contributed by atoms with E-state index in [1.54, 1.807) is 6.26 Å². The molecule has 0 aliphatic carbocycles. The van der Waals surface area contributed by atoms with Crippen molar-refractivity contribution in [3.8, 4) is 0 Å². The van der Waals surface area contributed by atoms with E-state index in [9.17, 15) is 0 Å². The van der Waals surface area contributed by atoms with Gasteiger partial charge in [0.2, 0.25) is 0 Å². The Kier molecular flexibility index (Phi) is 1.73. The molecule has 0 amide bonds. The highest BCUT2D eigenvalue weighted by molar-refractivity contribution is 7.79. The van der Waals surface area contributed by atoms with Gasteiger partial charge in [0.05, 0.1) is 6.26 Å². The molecule has 0 fully saturated rings. The molecule has 2 aromatic rings. The normalized spacial score (nSPS) is 10.8. The molecule has 1 heterocycles. The molecule has 0 saturated heterocycles. The molecule has 2 rings (SSSR count). The summed E-state index contributed by atoms with van der Waals surface area (Å²) in [7, 11) is 0. The third-order valence-corrected chi connectivity index (χ3v) is 2.19. The number of thiol groups is 1. The number of nitrogen functional groups attached to an aromatic ring is 1. The fourth-order valence-corrected chi connectivity index (χ4v) is 1.47. The smallest absolute Gasteiger partial charge is 0.136 e. The maximum atomic E-state index is 5.60. The lowest BCUT2D eigenvalue weighted by molar-refractivity contribution is 0.613. The Labute approximate surface area is 75.8 Å². The summed E-state index contributed by atoms with van der Waals surface area (Å²) in [5.74, 6) is 0.691. The van der Waals surface area contributed by atoms with Crippen LogP contribution in [0.25, 0.3) is 11.0 Å². The second kappa shape index (κ2) is 2.75. The Morgan fingerprint density at radius 1 is 1.42 bits per heavy atom. The lowest BCUT2D eigenvalue weighted by atomic mass is 10.2. The summed E-state index contributed by atoms with van der Waals surface area (Å²) in [5, 5.41) is 1.10. The van der Waals surface area contributed by atoms with Crippen LogP contribution in [0.15, 0.2) is 28.9 Å². The van der Waals surface area contributed by atoms with Crippen LogP contribution in [0.2, 0.25) is 0 Å². The van der Waals surface area contributed by atoms with Crippen molar-refractivity contribution in [3.05, 3.63) is 30.0 Å². The highest BCUT2D eigenvalue weighted by Crippen LogP contribution is 2.24. The lowest BCUT2D eigenvalue weighted by Gasteiger charge is -1.92. The van der Waals surface area contributed by atoms with Crippen LogP contribution >= 0.6 is 12.6 Å². The van der Waals surface area contributed by atoms with Gasteiger partial charge in [0.25, 0.3) is 0 Å². The number of anilines is 1. The van der Waals surface area contributed by atoms with Gasteiger partial charge in [-0.1, -0.05) is 0 Å². The minimum absolute atomic E-state index is 0.691. The van der Waals surface area contributed by atoms with Gasteiger partial charge in [-0.25, -0.2) is 0 Å². The number of hydrogen-bond donors (Lipinski definition) is 2. The largest absolute Gasteiger partial charge is 0.464 e. The third kappa shape index (κ3) is 1.06. The van der Waals surface area contributed by atoms with Gasteiger partial charge in [0.15, 0.2) is 0 Å². The first-order chi connectivity index (χ1) is 5.81. The molecule has 1 aromatic carbocycles. The standard InChI is InChI=1S/C9H9NOS/c10-7-1-2-8-6(5-12)4-11-9(8)3-7/h1-4,12H,5,10H2. The van der Waals surface area contributed by atoms with Crippen LogP contribution in [0.1, 0.15) is 5.56 Å². The van der Waals surface area contributed by atoms with Crippen LogP contribution in [0.5, 0.6) is 0 Å². The topological polar surface area (TPSA) is 39.2 Å². The predicted molar refractivity (Wildman–Crippen MR) is 53.3 cm³/mol. The van der Waals surface area contributed by atoms with Crippen molar-refractivity contribution in [1.29, 1.82) is 0 Å². The molecule has 62 valence electrons. The highest BCUT2D eigenvalue weighted by Gasteiger charge is 2.03. The van der Waals surface area contributed by atoms with Gasteiger partial charge in [-0.05, 0) is 12.1 Å². The van der Waals surface area contributed by atoms with Crippen LogP contribution in [0.3, 0.4) is 0 Å². The molecule has 0 atom stereocenters. The summed E-state index contributed by atoms with van der Waals surface area (Å²) in [5.41, 5.74) is 8.26. The molecule has 3 heteroatoms. The second-order valence-electron chi connectivity index (χ2n) is 2.67. The van der Waals surface area contributed by atoms with E-state index in [-0.39, 0.29) is 0 Å². The van der Waals surface area contributed by atoms with Crippen LogP contribution in [0, 0.1) is 0 Å². The Morgan fingerprint density at radius 3 is 3.00 bits per heavy atom. The summed E-state index contributed by atoms with van der Waals surface area (Å²) in [6, 6.07) is 5.65. The van der Waals surface area contributed by atoms with E-state index >= 15 is 0 Å². The van der Waals surface area contributed by atoms with Gasteiger partial charge in [-0.2, -0.15) is 12.6 Å². The van der Waals surface area contributed by atoms with Crippen molar-refractivity contribution in [2.45, 2.75) is 5.75 Å². The van der Waals surface area contributed by atoms with Crippen molar-refractivity contribution < 1.29 is 4.42 Å². The monoisotopic (exact) mass is 179 g/mol. The molecule has 0 aliphatic heterocycles. The Bertz CT molecular complexity index is 408. The molecule has 0 bridgehead atoms. The van der Waals surface area contributed by atoms with E-state index < -0.39 is 0 Å². The quantitative estimate of drug-likeness (QED) is 0.521. The number of rotatable bonds is 1. The predicted octanol–water partition coefficient (Wildman–Crippen LogP) is 2.44. The first kappa shape index (κ1) is 7.55. The minimum atomic E-state index is 0.691. The highest BCUT2D eigenvalue weighted by atomic mass is 32.1. The van der Waals surface area contributed by atoms with Gasteiger partial charge in [-0.3, -0.25) is 0 Å². The first-order valence-electron chi connectivity index (χ1n) is 3.67. The van der Waals surface area contributed by atoms with E-state index in [1.165, 1.54) is 0 Å². The van der Waals surface area contributed by atoms with Crippen LogP contribution in [-0.2, 0) is 5.75 Å². The number of benzene rings is 1. The van der Waals surface area contributed by atoms with E-state index in [0.717, 1.165) is 22.2 Å². The molecular formula is C9H9NOS. The van der Waals surface area contributed by atoms with Crippen LogP contribution < -0.4 is 5.73 Å². The van der Waals surface area contributed by atoms with Gasteiger partial charge in [0.1, 0.15) is 5.58 Å². The zero-order chi connectivity index (χ0) is 8.55. The van der Waals surface area contributed by atoms with Crippen LogP contribution in [0.4, 0.5) is 5.69 Å². The second-order valence-corrected chi connectivity index (χ2v) is 2.99. The fourth-order valence-electron chi connectivity index (χ4n) is 1.22. The molecular weight excluding hydrogens is 170 g/mol. The average molecular weight is 179 g/mol. The van der Waals surface area contributed by atoms with Gasteiger partial charge in [0, 0.05) is 28.5 Å². The van der Waals surface area contributed by atoms with E-state index in [0.29, 0.717) is 5.75 Å². The molecule has 0 unspecified atom stereocenters. The lowest BCUT2D eigenvalue weighted by Crippen LogP contribution is -1.82. The Balaban J connectivity index is 2.73. The van der Waals surface area contributed by atoms with E-state index in [2.05, 4.69) is 12.6 Å². The van der Waals surface area contributed by atoms with Crippen molar-refractivity contribution >= 4 is 29.3 Å². The summed E-state index contributed by atoms with van der Waals surface area (Å²) < 4.78 is 5.29. The zero-order valence-electron chi connectivity index (χ0n) is 6.45. The number of fused-ring (bicyclic) bond motifs is 1. The Morgan fingerprint density at radius 2 is 2.25 bits per heavy atom. The maximum absolute atomic E-state index is 5.60. The Hall–Kier alpha value is -1.09. The number of nitrogens with two attached hydrogens (primary N) is 1. The third-order valence-electron chi connectivity index (χ3n) is 1.85. The van der Waals surface area contributed by atoms with Crippen molar-refractivity contribution in [2.75, 3.05) is 5.73 Å². The zero-order valence-corrected chi connectivity index (χ0v) is 7.34. The molecule has 2 N–H and O–H groups in total. The van der Waals surface area contributed by atoms with Gasteiger partial charge in [-0.15, -0.1) is 0 Å². The molecule has 0 spiro atoms. The van der Waals surface area contributed by atoms with Crippen molar-refractivity contribution in [1.82, 2.24) is 0 Å². The number of furan rings is 1. The first-order valence-corrected chi connectivity index (χ1v) is 4.31. The van der Waals surface area contributed by atoms with Gasteiger partial charge < -0.3 is 10.2 Å². The summed E-state index contributed by atoms with van der Waals surface area (Å²) in [6.07, 6.45) is 1.72. The molecule has 12 heavy (non-hydrogen) atoms. The molecule has 0 saturated carbocycles. The number of hydrogen-bond acceptors (Lipinski definition) is 3. The average Bonchev–Trinajstić information content (AvgIpc) is 2.46. The fraction of sp³-hybridized carbons (Fsp3) is 0.111. The minimum Gasteiger partial charge on any atom is -0.464 e. The van der Waals surface area contributed by atoms with Crippen molar-refractivity contribution in [2.24, 2.45) is 0 Å². The summed E-state index contributed by atoms with van der Waals surface area (Å²) >= 11 is 4.19. The van der Waals surface area contributed by atoms with Gasteiger partial charge >= 0.3 is 0 Å². The SMILES string of the molecule is Nc1ccc2c(CS)coc2c1.